The maximum absolute atomic E-state index is 13.1. The number of hydrogen-bond acceptors (Lipinski definition) is 4. The van der Waals surface area contributed by atoms with E-state index in [9.17, 15) is 14.4 Å². The summed E-state index contributed by atoms with van der Waals surface area (Å²) < 4.78 is 1.14. The normalized spacial score (nSPS) is 10.8. The van der Waals surface area contributed by atoms with Gasteiger partial charge in [0.1, 0.15) is 6.54 Å². The Morgan fingerprint density at radius 3 is 2.55 bits per heavy atom. The van der Waals surface area contributed by atoms with Crippen LogP contribution in [0.3, 0.4) is 0 Å². The molecule has 1 heterocycles. The summed E-state index contributed by atoms with van der Waals surface area (Å²) in [6, 6.07) is 12.0. The summed E-state index contributed by atoms with van der Waals surface area (Å²) in [5, 5.41) is 8.32. The molecule has 1 N–H and O–H groups in total. The van der Waals surface area contributed by atoms with E-state index in [-0.39, 0.29) is 23.7 Å². The molecule has 8 heteroatoms. The first kappa shape index (κ1) is 20.5. The van der Waals surface area contributed by atoms with Crippen molar-refractivity contribution in [2.24, 2.45) is 7.05 Å². The summed E-state index contributed by atoms with van der Waals surface area (Å²) in [5.74, 6) is -0.767. The highest BCUT2D eigenvalue weighted by atomic mass is 35.5. The fourth-order valence-electron chi connectivity index (χ4n) is 3.03. The predicted molar refractivity (Wildman–Crippen MR) is 113 cm³/mol. The molecular weight excluding hydrogens is 392 g/mol. The number of hydrogen-bond donors (Lipinski definition) is 1. The first-order valence-corrected chi connectivity index (χ1v) is 9.51. The smallest absolute Gasteiger partial charge is 0.275 e. The van der Waals surface area contributed by atoms with Crippen molar-refractivity contribution in [3.8, 4) is 0 Å². The second-order valence-corrected chi connectivity index (χ2v) is 7.09. The number of benzene rings is 2. The van der Waals surface area contributed by atoms with Gasteiger partial charge in [-0.2, -0.15) is 5.10 Å². The molecule has 2 amide bonds. The summed E-state index contributed by atoms with van der Waals surface area (Å²) in [4.78, 5) is 39.3. The van der Waals surface area contributed by atoms with Gasteiger partial charge in [0.25, 0.3) is 11.5 Å². The van der Waals surface area contributed by atoms with Gasteiger partial charge in [-0.25, -0.2) is 4.68 Å². The van der Waals surface area contributed by atoms with E-state index in [1.807, 2.05) is 6.92 Å². The van der Waals surface area contributed by atoms with E-state index in [0.29, 0.717) is 28.0 Å². The molecule has 0 aliphatic rings. The van der Waals surface area contributed by atoms with E-state index in [0.717, 1.165) is 10.2 Å². The van der Waals surface area contributed by atoms with Gasteiger partial charge in [0.2, 0.25) is 5.91 Å². The number of aryl methyl sites for hydroxylation is 2. The van der Waals surface area contributed by atoms with Crippen LogP contribution in [0.4, 0.5) is 5.69 Å². The molecule has 0 spiro atoms. The minimum Gasteiger partial charge on any atom is -0.328 e. The Balaban J connectivity index is 1.87. The van der Waals surface area contributed by atoms with Crippen LogP contribution in [0.5, 0.6) is 0 Å². The Kier molecular flexibility index (Phi) is 5.98. The monoisotopic (exact) mass is 412 g/mol. The van der Waals surface area contributed by atoms with E-state index in [1.54, 1.807) is 49.4 Å². The molecule has 0 atom stereocenters. The number of amides is 2. The molecule has 0 fully saturated rings. The minimum absolute atomic E-state index is 0.135. The number of carbonyl (C=O) groups is 2. The molecule has 0 saturated heterocycles. The highest BCUT2D eigenvalue weighted by Gasteiger charge is 2.22. The molecule has 29 heavy (non-hydrogen) atoms. The van der Waals surface area contributed by atoms with E-state index in [4.69, 9.17) is 11.6 Å². The quantitative estimate of drug-likeness (QED) is 0.698. The standard InChI is InChI=1S/C21H21ClN4O3/c1-4-26(12-18(27)23-17-11-14(22)10-9-13(17)2)21(29)19-15-7-5-6-8-16(15)20(28)25(3)24-19/h5-11H,4,12H2,1-3H3,(H,23,27). The van der Waals surface area contributed by atoms with Crippen LogP contribution in [0, 0.1) is 6.92 Å². The third-order valence-electron chi connectivity index (χ3n) is 4.64. The second kappa shape index (κ2) is 8.45. The zero-order chi connectivity index (χ0) is 21.1. The van der Waals surface area contributed by atoms with Crippen LogP contribution in [-0.4, -0.2) is 39.6 Å². The summed E-state index contributed by atoms with van der Waals surface area (Å²) in [5.41, 5.74) is 1.31. The largest absolute Gasteiger partial charge is 0.328 e. The average molecular weight is 413 g/mol. The number of nitrogens with one attached hydrogen (secondary N) is 1. The Labute approximate surface area is 172 Å². The van der Waals surface area contributed by atoms with E-state index < -0.39 is 5.91 Å². The number of halogens is 1. The molecule has 7 nitrogen and oxygen atoms in total. The van der Waals surface area contributed by atoms with Gasteiger partial charge in [0.05, 0.1) is 5.39 Å². The van der Waals surface area contributed by atoms with Gasteiger partial charge in [0, 0.05) is 29.7 Å². The number of rotatable bonds is 5. The Morgan fingerprint density at radius 1 is 1.17 bits per heavy atom. The maximum atomic E-state index is 13.1. The van der Waals surface area contributed by atoms with Gasteiger partial charge in [-0.1, -0.05) is 35.9 Å². The SMILES string of the molecule is CCN(CC(=O)Nc1cc(Cl)ccc1C)C(=O)c1nn(C)c(=O)c2ccccc12. The van der Waals surface area contributed by atoms with Crippen molar-refractivity contribution in [2.75, 3.05) is 18.4 Å². The van der Waals surface area contributed by atoms with Crippen molar-refractivity contribution in [1.29, 1.82) is 0 Å². The zero-order valence-corrected chi connectivity index (χ0v) is 17.2. The lowest BCUT2D eigenvalue weighted by atomic mass is 10.1. The van der Waals surface area contributed by atoms with Crippen LogP contribution in [0.2, 0.25) is 5.02 Å². The molecule has 1 aromatic heterocycles. The number of anilines is 1. The lowest BCUT2D eigenvalue weighted by molar-refractivity contribution is -0.116. The minimum atomic E-state index is -0.419. The van der Waals surface area contributed by atoms with Crippen LogP contribution < -0.4 is 10.9 Å². The van der Waals surface area contributed by atoms with E-state index in [2.05, 4.69) is 10.4 Å². The molecular formula is C21H21ClN4O3. The molecule has 150 valence electrons. The molecule has 0 aliphatic heterocycles. The summed E-state index contributed by atoms with van der Waals surface area (Å²) in [6.07, 6.45) is 0. The van der Waals surface area contributed by atoms with Crippen LogP contribution >= 0.6 is 11.6 Å². The Hall–Kier alpha value is -3.19. The van der Waals surface area contributed by atoms with Gasteiger partial charge in [0.15, 0.2) is 5.69 Å². The van der Waals surface area contributed by atoms with E-state index in [1.165, 1.54) is 11.9 Å². The van der Waals surface area contributed by atoms with Crippen molar-refractivity contribution < 1.29 is 9.59 Å². The Morgan fingerprint density at radius 2 is 1.86 bits per heavy atom. The summed E-state index contributed by atoms with van der Waals surface area (Å²) in [7, 11) is 1.50. The van der Waals surface area contributed by atoms with Gasteiger partial charge in [-0.15, -0.1) is 0 Å². The molecule has 0 bridgehead atoms. The highest BCUT2D eigenvalue weighted by Crippen LogP contribution is 2.20. The number of carbonyl (C=O) groups excluding carboxylic acids is 2. The molecule has 3 rings (SSSR count). The van der Waals surface area contributed by atoms with Crippen molar-refractivity contribution in [3.05, 3.63) is 69.1 Å². The van der Waals surface area contributed by atoms with Crippen molar-refractivity contribution in [2.45, 2.75) is 13.8 Å². The maximum Gasteiger partial charge on any atom is 0.275 e. The van der Waals surface area contributed by atoms with Crippen molar-refractivity contribution in [1.82, 2.24) is 14.7 Å². The number of aromatic nitrogens is 2. The lowest BCUT2D eigenvalue weighted by Gasteiger charge is -2.21. The van der Waals surface area contributed by atoms with Crippen molar-refractivity contribution >= 4 is 39.9 Å². The molecule has 0 saturated carbocycles. The van der Waals surface area contributed by atoms with Crippen LogP contribution in [0.25, 0.3) is 10.8 Å². The topological polar surface area (TPSA) is 84.3 Å². The molecule has 0 radical (unpaired) electrons. The molecule has 0 unspecified atom stereocenters. The molecule has 3 aromatic rings. The van der Waals surface area contributed by atoms with Crippen LogP contribution in [-0.2, 0) is 11.8 Å². The predicted octanol–water partition coefficient (Wildman–Crippen LogP) is 3.00. The van der Waals surface area contributed by atoms with Gasteiger partial charge in [-0.05, 0) is 37.6 Å². The van der Waals surface area contributed by atoms with Gasteiger partial charge >= 0.3 is 0 Å². The van der Waals surface area contributed by atoms with E-state index >= 15 is 0 Å². The Bertz CT molecular complexity index is 1160. The second-order valence-electron chi connectivity index (χ2n) is 6.65. The first-order chi connectivity index (χ1) is 13.8. The van der Waals surface area contributed by atoms with Gasteiger partial charge in [-0.3, -0.25) is 14.4 Å². The number of nitrogens with zero attached hydrogens (tertiary/aromatic N) is 3. The lowest BCUT2D eigenvalue weighted by Crippen LogP contribution is -2.39. The third-order valence-corrected chi connectivity index (χ3v) is 4.87. The highest BCUT2D eigenvalue weighted by molar-refractivity contribution is 6.31. The van der Waals surface area contributed by atoms with Crippen molar-refractivity contribution in [3.63, 3.8) is 0 Å². The number of fused-ring (bicyclic) bond motifs is 1. The van der Waals surface area contributed by atoms with Crippen LogP contribution in [0.1, 0.15) is 23.0 Å². The fourth-order valence-corrected chi connectivity index (χ4v) is 3.20. The summed E-state index contributed by atoms with van der Waals surface area (Å²) in [6.45, 7) is 3.79. The fraction of sp³-hybridized carbons (Fsp3) is 0.238. The average Bonchev–Trinajstić information content (AvgIpc) is 2.71. The summed E-state index contributed by atoms with van der Waals surface area (Å²) >= 11 is 5.99. The zero-order valence-electron chi connectivity index (χ0n) is 16.4. The third kappa shape index (κ3) is 4.30. The van der Waals surface area contributed by atoms with Crippen LogP contribution in [0.15, 0.2) is 47.3 Å². The molecule has 2 aromatic carbocycles. The number of likely N-dealkylation sites (N-methyl/N-ethyl adjacent to an activating group) is 1. The van der Waals surface area contributed by atoms with Gasteiger partial charge < -0.3 is 10.2 Å². The first-order valence-electron chi connectivity index (χ1n) is 9.13. The molecule has 0 aliphatic carbocycles.